The molecule has 0 aliphatic carbocycles. The predicted octanol–water partition coefficient (Wildman–Crippen LogP) is 4.55. The number of hydrogen-bond acceptors (Lipinski definition) is 4. The highest BCUT2D eigenvalue weighted by molar-refractivity contribution is 6.74. The molecule has 0 saturated carbocycles. The van der Waals surface area contributed by atoms with Gasteiger partial charge in [0.2, 0.25) is 5.88 Å². The number of ether oxygens (including phenoxy) is 1. The molecule has 1 atom stereocenters. The van der Waals surface area contributed by atoms with Crippen LogP contribution in [0.15, 0.2) is 30.3 Å². The molecule has 1 aromatic heterocycles. The van der Waals surface area contributed by atoms with Gasteiger partial charge in [-0.05, 0) is 44.1 Å². The van der Waals surface area contributed by atoms with Gasteiger partial charge in [0.25, 0.3) is 0 Å². The Morgan fingerprint density at radius 3 is 2.36 bits per heavy atom. The number of nitrogen functional groups attached to an aromatic ring is 1. The smallest absolute Gasteiger partial charge is 0.238 e. The zero-order valence-corrected chi connectivity index (χ0v) is 17.5. The van der Waals surface area contributed by atoms with Crippen molar-refractivity contribution < 1.29 is 9.16 Å². The molecule has 0 spiro atoms. The maximum atomic E-state index is 6.33. The number of nitrogens with two attached hydrogens (primary N) is 1. The second-order valence-electron chi connectivity index (χ2n) is 8.06. The highest BCUT2D eigenvalue weighted by Gasteiger charge is 2.38. The van der Waals surface area contributed by atoms with Crippen molar-refractivity contribution in [3.63, 3.8) is 0 Å². The lowest BCUT2D eigenvalue weighted by atomic mass is 10.2. The van der Waals surface area contributed by atoms with E-state index < -0.39 is 8.32 Å². The summed E-state index contributed by atoms with van der Waals surface area (Å²) in [5.41, 5.74) is 7.97. The quantitative estimate of drug-likeness (QED) is 0.767. The van der Waals surface area contributed by atoms with Crippen molar-refractivity contribution in [2.45, 2.75) is 58.9 Å². The Labute approximate surface area is 152 Å². The molecular formula is C19H31N3O2Si. The summed E-state index contributed by atoms with van der Waals surface area (Å²) in [5, 5.41) is 4.70. The van der Waals surface area contributed by atoms with Gasteiger partial charge >= 0.3 is 0 Å². The van der Waals surface area contributed by atoms with Crippen LogP contribution in [0.2, 0.25) is 18.1 Å². The summed E-state index contributed by atoms with van der Waals surface area (Å²) in [6.45, 7) is 15.6. The molecule has 0 bridgehead atoms. The molecule has 0 radical (unpaired) electrons. The summed E-state index contributed by atoms with van der Waals surface area (Å²) in [6.07, 6.45) is 0.00314. The zero-order valence-electron chi connectivity index (χ0n) is 16.5. The summed E-state index contributed by atoms with van der Waals surface area (Å²) < 4.78 is 14.0. The first-order valence-corrected chi connectivity index (χ1v) is 11.6. The van der Waals surface area contributed by atoms with Crippen molar-refractivity contribution in [1.82, 2.24) is 9.78 Å². The van der Waals surface area contributed by atoms with Crippen molar-refractivity contribution in [2.75, 3.05) is 12.3 Å². The summed E-state index contributed by atoms with van der Waals surface area (Å²) in [6, 6.07) is 9.82. The standard InChI is InChI=1S/C19H31N3O2Si/c1-14(24-25(6,7)19(3,4)5)13-23-18-15(2)17(20)22(21-18)16-11-9-8-10-12-16/h8-12,14H,13,20H2,1-7H3. The van der Waals surface area contributed by atoms with Gasteiger partial charge in [0.05, 0.1) is 17.4 Å². The number of benzene rings is 1. The molecule has 25 heavy (non-hydrogen) atoms. The molecule has 0 fully saturated rings. The Morgan fingerprint density at radius 1 is 1.20 bits per heavy atom. The van der Waals surface area contributed by atoms with Gasteiger partial charge in [0, 0.05) is 0 Å². The topological polar surface area (TPSA) is 62.3 Å². The number of aromatic nitrogens is 2. The van der Waals surface area contributed by atoms with Gasteiger partial charge in [0.15, 0.2) is 8.32 Å². The molecule has 2 rings (SSSR count). The fourth-order valence-electron chi connectivity index (χ4n) is 2.30. The van der Waals surface area contributed by atoms with Gasteiger partial charge in [0.1, 0.15) is 12.4 Å². The summed E-state index contributed by atoms with van der Waals surface area (Å²) in [7, 11) is -1.81. The molecule has 0 aliphatic rings. The summed E-state index contributed by atoms with van der Waals surface area (Å²) >= 11 is 0. The van der Waals surface area contributed by atoms with E-state index in [1.807, 2.05) is 44.2 Å². The summed E-state index contributed by atoms with van der Waals surface area (Å²) in [4.78, 5) is 0. The number of hydrogen-bond donors (Lipinski definition) is 1. The van der Waals surface area contributed by atoms with Crippen LogP contribution in [0.3, 0.4) is 0 Å². The molecule has 0 saturated heterocycles. The molecule has 1 aromatic carbocycles. The Balaban J connectivity index is 2.07. The zero-order chi connectivity index (χ0) is 18.8. The molecule has 0 amide bonds. The van der Waals surface area contributed by atoms with Crippen LogP contribution in [0.1, 0.15) is 33.3 Å². The molecule has 138 valence electrons. The first-order chi connectivity index (χ1) is 11.5. The van der Waals surface area contributed by atoms with Gasteiger partial charge in [-0.2, -0.15) is 0 Å². The van der Waals surface area contributed by atoms with Crippen molar-refractivity contribution in [2.24, 2.45) is 0 Å². The van der Waals surface area contributed by atoms with Gasteiger partial charge in [-0.15, -0.1) is 5.10 Å². The maximum Gasteiger partial charge on any atom is 0.238 e. The average Bonchev–Trinajstić information content (AvgIpc) is 2.80. The van der Waals surface area contributed by atoms with Crippen LogP contribution in [0.4, 0.5) is 5.82 Å². The van der Waals surface area contributed by atoms with E-state index in [0.717, 1.165) is 11.3 Å². The lowest BCUT2D eigenvalue weighted by Gasteiger charge is -2.38. The van der Waals surface area contributed by atoms with Crippen molar-refractivity contribution in [3.05, 3.63) is 35.9 Å². The van der Waals surface area contributed by atoms with Gasteiger partial charge < -0.3 is 14.9 Å². The van der Waals surface area contributed by atoms with Crippen LogP contribution in [0.25, 0.3) is 5.69 Å². The van der Waals surface area contributed by atoms with E-state index in [1.54, 1.807) is 4.68 Å². The molecule has 5 nitrogen and oxygen atoms in total. The molecule has 1 heterocycles. The third-order valence-electron chi connectivity index (χ3n) is 4.88. The lowest BCUT2D eigenvalue weighted by Crippen LogP contribution is -2.44. The monoisotopic (exact) mass is 361 g/mol. The molecular weight excluding hydrogens is 330 g/mol. The number of rotatable bonds is 6. The maximum absolute atomic E-state index is 6.33. The first-order valence-electron chi connectivity index (χ1n) is 8.74. The minimum absolute atomic E-state index is 0.00314. The lowest BCUT2D eigenvalue weighted by molar-refractivity contribution is 0.126. The number of nitrogens with zero attached hydrogens (tertiary/aromatic N) is 2. The number of para-hydroxylation sites is 1. The van der Waals surface area contributed by atoms with E-state index in [9.17, 15) is 0 Å². The molecule has 2 aromatic rings. The van der Waals surface area contributed by atoms with Gasteiger partial charge in [-0.1, -0.05) is 39.0 Å². The largest absolute Gasteiger partial charge is 0.474 e. The third-order valence-corrected chi connectivity index (χ3v) is 9.49. The Morgan fingerprint density at radius 2 is 1.80 bits per heavy atom. The van der Waals surface area contributed by atoms with E-state index in [-0.39, 0.29) is 11.1 Å². The normalized spacial score (nSPS) is 13.7. The SMILES string of the molecule is Cc1c(OCC(C)O[Si](C)(C)C(C)(C)C)nn(-c2ccccc2)c1N. The molecule has 6 heteroatoms. The fourth-order valence-corrected chi connectivity index (χ4v) is 3.73. The average molecular weight is 362 g/mol. The van der Waals surface area contributed by atoms with E-state index in [2.05, 4.69) is 39.0 Å². The predicted molar refractivity (Wildman–Crippen MR) is 106 cm³/mol. The van der Waals surface area contributed by atoms with Crippen molar-refractivity contribution in [1.29, 1.82) is 0 Å². The van der Waals surface area contributed by atoms with Crippen molar-refractivity contribution >= 4 is 14.1 Å². The van der Waals surface area contributed by atoms with Gasteiger partial charge in [-0.25, -0.2) is 4.68 Å². The highest BCUT2D eigenvalue weighted by Crippen LogP contribution is 2.37. The van der Waals surface area contributed by atoms with Crippen LogP contribution in [0.5, 0.6) is 5.88 Å². The minimum atomic E-state index is -1.81. The van der Waals surface area contributed by atoms with Crippen molar-refractivity contribution in [3.8, 4) is 11.6 Å². The first kappa shape index (κ1) is 19.5. The fraction of sp³-hybridized carbons (Fsp3) is 0.526. The Kier molecular flexibility index (Phi) is 5.64. The number of anilines is 1. The summed E-state index contributed by atoms with van der Waals surface area (Å²) in [5.74, 6) is 1.16. The van der Waals surface area contributed by atoms with Crippen LogP contribution in [-0.2, 0) is 4.43 Å². The van der Waals surface area contributed by atoms with Crippen LogP contribution in [0, 0.1) is 6.92 Å². The van der Waals surface area contributed by atoms with E-state index in [0.29, 0.717) is 18.3 Å². The minimum Gasteiger partial charge on any atom is -0.474 e. The van der Waals surface area contributed by atoms with Gasteiger partial charge in [-0.3, -0.25) is 0 Å². The van der Waals surface area contributed by atoms with E-state index in [1.165, 1.54) is 0 Å². The second-order valence-corrected chi connectivity index (χ2v) is 12.8. The van der Waals surface area contributed by atoms with Crippen LogP contribution in [-0.4, -0.2) is 30.8 Å². The van der Waals surface area contributed by atoms with E-state index in [4.69, 9.17) is 14.9 Å². The van der Waals surface area contributed by atoms with E-state index >= 15 is 0 Å². The third kappa shape index (κ3) is 4.44. The highest BCUT2D eigenvalue weighted by atomic mass is 28.4. The molecule has 1 unspecified atom stereocenters. The van der Waals surface area contributed by atoms with Crippen LogP contribution >= 0.6 is 0 Å². The molecule has 0 aliphatic heterocycles. The molecule has 2 N–H and O–H groups in total. The second kappa shape index (κ2) is 7.21. The van der Waals surface area contributed by atoms with Crippen LogP contribution < -0.4 is 10.5 Å². The Bertz CT molecular complexity index is 705. The Hall–Kier alpha value is -1.79.